The minimum Gasteiger partial charge on any atom is -0.367 e. The molecule has 0 aromatic carbocycles. The molecule has 0 spiro atoms. The first-order valence-corrected chi connectivity index (χ1v) is 6.12. The van der Waals surface area contributed by atoms with Gasteiger partial charge in [0.15, 0.2) is 0 Å². The lowest BCUT2D eigenvalue weighted by atomic mass is 9.80. The van der Waals surface area contributed by atoms with Crippen LogP contribution in [0.4, 0.5) is 0 Å². The van der Waals surface area contributed by atoms with Crippen molar-refractivity contribution in [2.45, 2.75) is 64.6 Å². The Morgan fingerprint density at radius 3 is 2.29 bits per heavy atom. The van der Waals surface area contributed by atoms with Gasteiger partial charge in [0.1, 0.15) is 0 Å². The van der Waals surface area contributed by atoms with Crippen molar-refractivity contribution in [2.75, 3.05) is 0 Å². The van der Waals surface area contributed by atoms with Crippen LogP contribution in [0.25, 0.3) is 0 Å². The highest BCUT2D eigenvalue weighted by atomic mass is 16.7. The van der Waals surface area contributed by atoms with Gasteiger partial charge < -0.3 is 10.2 Å². The van der Waals surface area contributed by atoms with Crippen molar-refractivity contribution in [2.24, 2.45) is 0 Å². The number of rotatable bonds is 3. The van der Waals surface area contributed by atoms with E-state index in [9.17, 15) is 4.79 Å². The minimum atomic E-state index is -0.346. The average molecular weight is 240 g/mol. The Balaban J connectivity index is 2.51. The normalized spacial score (nSPS) is 23.8. The molecule has 0 aromatic heterocycles. The molecule has 1 aliphatic rings. The van der Waals surface area contributed by atoms with Crippen LogP contribution in [0.2, 0.25) is 0 Å². The highest BCUT2D eigenvalue weighted by Gasteiger charge is 2.38. The number of hydrogen-bond donors (Lipinski definition) is 2. The third-order valence-electron chi connectivity index (χ3n) is 2.82. The third-order valence-corrected chi connectivity index (χ3v) is 2.82. The van der Waals surface area contributed by atoms with Gasteiger partial charge in [-0.2, -0.15) is 0 Å². The van der Waals surface area contributed by atoms with Crippen molar-refractivity contribution in [1.82, 2.24) is 10.8 Å². The first kappa shape index (κ1) is 14.2. The van der Waals surface area contributed by atoms with E-state index in [1.165, 1.54) is 6.08 Å². The van der Waals surface area contributed by atoms with E-state index in [0.717, 1.165) is 12.8 Å². The quantitative estimate of drug-likeness (QED) is 0.584. The molecule has 1 aliphatic heterocycles. The van der Waals surface area contributed by atoms with Crippen molar-refractivity contribution in [3.05, 3.63) is 12.2 Å². The molecular formula is C13H24N2O2. The fourth-order valence-electron chi connectivity index (χ4n) is 2.72. The van der Waals surface area contributed by atoms with Gasteiger partial charge in [-0.25, -0.2) is 4.79 Å². The second-order valence-corrected chi connectivity index (χ2v) is 6.04. The molecule has 0 atom stereocenters. The van der Waals surface area contributed by atoms with Gasteiger partial charge in [-0.1, -0.05) is 6.08 Å². The van der Waals surface area contributed by atoms with Gasteiger partial charge in [-0.15, -0.1) is 5.48 Å². The largest absolute Gasteiger partial charge is 0.367 e. The Bertz CT molecular complexity index is 293. The van der Waals surface area contributed by atoms with Gasteiger partial charge in [-0.05, 0) is 47.5 Å². The Morgan fingerprint density at radius 2 is 1.82 bits per heavy atom. The van der Waals surface area contributed by atoms with E-state index in [4.69, 9.17) is 4.84 Å². The van der Waals surface area contributed by atoms with Gasteiger partial charge in [-0.3, -0.25) is 0 Å². The maximum absolute atomic E-state index is 11.2. The maximum atomic E-state index is 11.2. The van der Waals surface area contributed by atoms with Crippen molar-refractivity contribution in [3.8, 4) is 0 Å². The summed E-state index contributed by atoms with van der Waals surface area (Å²) in [6, 6.07) is 0.190. The number of carbonyl (C=O) groups is 1. The minimum absolute atomic E-state index is 0.0480. The molecule has 98 valence electrons. The van der Waals surface area contributed by atoms with E-state index in [1.54, 1.807) is 13.0 Å². The molecule has 4 heteroatoms. The summed E-state index contributed by atoms with van der Waals surface area (Å²) in [5, 5.41) is 3.58. The summed E-state index contributed by atoms with van der Waals surface area (Å²) in [5.74, 6) is -0.346. The standard InChI is InChI=1S/C13H24N2O2/c1-6-7-11(16)17-14-10-8-12(2,3)15-13(4,5)9-10/h6-7,10,14-15H,8-9H2,1-5H3/b7-6+. The van der Waals surface area contributed by atoms with Gasteiger partial charge in [0.25, 0.3) is 0 Å². The molecule has 0 bridgehead atoms. The third kappa shape index (κ3) is 4.88. The topological polar surface area (TPSA) is 50.4 Å². The lowest BCUT2D eigenvalue weighted by Gasteiger charge is -2.46. The number of nitrogens with one attached hydrogen (secondary N) is 2. The molecule has 0 aromatic rings. The number of allylic oxidation sites excluding steroid dienone is 1. The van der Waals surface area contributed by atoms with Crippen LogP contribution >= 0.6 is 0 Å². The molecule has 0 radical (unpaired) electrons. The molecule has 1 heterocycles. The molecule has 0 unspecified atom stereocenters. The van der Waals surface area contributed by atoms with Crippen LogP contribution in [0.15, 0.2) is 12.2 Å². The smallest absolute Gasteiger partial charge is 0.349 e. The SMILES string of the molecule is C/C=C/C(=O)ONC1CC(C)(C)NC(C)(C)C1. The van der Waals surface area contributed by atoms with Crippen molar-refractivity contribution >= 4 is 5.97 Å². The fraction of sp³-hybridized carbons (Fsp3) is 0.769. The summed E-state index contributed by atoms with van der Waals surface area (Å²) in [6.45, 7) is 10.4. The number of piperidine rings is 1. The molecule has 1 rings (SSSR count). The lowest BCUT2D eigenvalue weighted by Crippen LogP contribution is -2.61. The number of hydrogen-bond acceptors (Lipinski definition) is 4. The van der Waals surface area contributed by atoms with Crippen LogP contribution in [0.3, 0.4) is 0 Å². The molecular weight excluding hydrogens is 216 g/mol. The molecule has 1 saturated heterocycles. The zero-order chi connectivity index (χ0) is 13.1. The Morgan fingerprint density at radius 1 is 1.29 bits per heavy atom. The van der Waals surface area contributed by atoms with Gasteiger partial charge in [0.05, 0.1) is 0 Å². The highest BCUT2D eigenvalue weighted by Crippen LogP contribution is 2.28. The second-order valence-electron chi connectivity index (χ2n) is 6.04. The van der Waals surface area contributed by atoms with E-state index in [-0.39, 0.29) is 23.1 Å². The Hall–Kier alpha value is -0.870. The van der Waals surface area contributed by atoms with Crippen LogP contribution < -0.4 is 10.8 Å². The zero-order valence-electron chi connectivity index (χ0n) is 11.5. The molecule has 2 N–H and O–H groups in total. The predicted molar refractivity (Wildman–Crippen MR) is 68.4 cm³/mol. The summed E-state index contributed by atoms with van der Waals surface area (Å²) in [7, 11) is 0. The van der Waals surface area contributed by atoms with Crippen molar-refractivity contribution in [3.63, 3.8) is 0 Å². The summed E-state index contributed by atoms with van der Waals surface area (Å²) < 4.78 is 0. The number of carbonyl (C=O) groups excluding carboxylic acids is 1. The molecule has 0 amide bonds. The second kappa shape index (κ2) is 5.19. The summed E-state index contributed by atoms with van der Waals surface area (Å²) >= 11 is 0. The first-order chi connectivity index (χ1) is 7.74. The van der Waals surface area contributed by atoms with E-state index in [2.05, 4.69) is 38.5 Å². The van der Waals surface area contributed by atoms with Gasteiger partial charge >= 0.3 is 5.97 Å². The highest BCUT2D eigenvalue weighted by molar-refractivity contribution is 5.81. The Kier molecular flexibility index (Phi) is 4.33. The van der Waals surface area contributed by atoms with Crippen LogP contribution in [0.1, 0.15) is 47.5 Å². The van der Waals surface area contributed by atoms with Crippen LogP contribution in [-0.2, 0) is 9.63 Å². The molecule has 0 aliphatic carbocycles. The van der Waals surface area contributed by atoms with Gasteiger partial charge in [0, 0.05) is 23.2 Å². The van der Waals surface area contributed by atoms with Crippen LogP contribution in [-0.4, -0.2) is 23.1 Å². The maximum Gasteiger partial charge on any atom is 0.349 e. The van der Waals surface area contributed by atoms with Gasteiger partial charge in [0.2, 0.25) is 0 Å². The monoisotopic (exact) mass is 240 g/mol. The van der Waals surface area contributed by atoms with Crippen LogP contribution in [0.5, 0.6) is 0 Å². The molecule has 4 nitrogen and oxygen atoms in total. The first-order valence-electron chi connectivity index (χ1n) is 6.12. The Labute approximate surface area is 104 Å². The van der Waals surface area contributed by atoms with E-state index < -0.39 is 0 Å². The van der Waals surface area contributed by atoms with Crippen molar-refractivity contribution in [1.29, 1.82) is 0 Å². The summed E-state index contributed by atoms with van der Waals surface area (Å²) in [5.41, 5.74) is 2.97. The van der Waals surface area contributed by atoms with E-state index in [1.807, 2.05) is 0 Å². The van der Waals surface area contributed by atoms with Crippen LogP contribution in [0, 0.1) is 0 Å². The molecule has 1 fully saturated rings. The fourth-order valence-corrected chi connectivity index (χ4v) is 2.72. The predicted octanol–water partition coefficient (Wildman–Crippen LogP) is 1.92. The van der Waals surface area contributed by atoms with E-state index >= 15 is 0 Å². The van der Waals surface area contributed by atoms with Crippen molar-refractivity contribution < 1.29 is 9.63 Å². The summed E-state index contributed by atoms with van der Waals surface area (Å²) in [6.07, 6.45) is 4.93. The summed E-state index contributed by atoms with van der Waals surface area (Å²) in [4.78, 5) is 16.2. The number of hydroxylamine groups is 1. The van der Waals surface area contributed by atoms with E-state index in [0.29, 0.717) is 0 Å². The lowest BCUT2D eigenvalue weighted by molar-refractivity contribution is -0.148. The molecule has 17 heavy (non-hydrogen) atoms. The average Bonchev–Trinajstić information content (AvgIpc) is 2.10. The molecule has 0 saturated carbocycles. The zero-order valence-corrected chi connectivity index (χ0v) is 11.5.